The number of carbonyl (C=O) groups is 3. The highest BCUT2D eigenvalue weighted by molar-refractivity contribution is 7.10. The van der Waals surface area contributed by atoms with Crippen molar-refractivity contribution in [3.8, 4) is 0 Å². The molecule has 1 fully saturated rings. The molecule has 26 heavy (non-hydrogen) atoms. The molecule has 2 N–H and O–H groups in total. The van der Waals surface area contributed by atoms with Gasteiger partial charge in [0.25, 0.3) is 11.8 Å². The van der Waals surface area contributed by atoms with Crippen LogP contribution in [0.1, 0.15) is 28.1 Å². The van der Waals surface area contributed by atoms with E-state index in [1.807, 2.05) is 17.5 Å². The summed E-state index contributed by atoms with van der Waals surface area (Å²) >= 11 is 7.31. The lowest BCUT2D eigenvalue weighted by Gasteiger charge is -2.23. The van der Waals surface area contributed by atoms with E-state index in [1.54, 1.807) is 29.2 Å². The van der Waals surface area contributed by atoms with Crippen molar-refractivity contribution in [2.24, 2.45) is 0 Å². The Hall–Kier alpha value is -2.38. The Bertz CT molecular complexity index is 793. The second kappa shape index (κ2) is 8.33. The zero-order valence-electron chi connectivity index (χ0n) is 13.9. The average Bonchev–Trinajstić information content (AvgIpc) is 3.31. The maximum Gasteiger partial charge on any atom is 0.269 e. The van der Waals surface area contributed by atoms with Gasteiger partial charge in [0, 0.05) is 22.0 Å². The van der Waals surface area contributed by atoms with Gasteiger partial charge in [0.1, 0.15) is 6.04 Å². The van der Waals surface area contributed by atoms with Crippen LogP contribution >= 0.6 is 22.9 Å². The van der Waals surface area contributed by atoms with Gasteiger partial charge in [-0.1, -0.05) is 17.7 Å². The molecule has 136 valence electrons. The van der Waals surface area contributed by atoms with E-state index in [0.717, 1.165) is 11.3 Å². The number of carbonyl (C=O) groups excluding carboxylic acids is 3. The van der Waals surface area contributed by atoms with Crippen molar-refractivity contribution in [3.05, 3.63) is 57.2 Å². The third-order valence-electron chi connectivity index (χ3n) is 4.19. The van der Waals surface area contributed by atoms with Gasteiger partial charge in [-0.2, -0.15) is 0 Å². The molecule has 0 radical (unpaired) electrons. The van der Waals surface area contributed by atoms with Crippen molar-refractivity contribution >= 4 is 40.7 Å². The first-order valence-electron chi connectivity index (χ1n) is 8.22. The minimum atomic E-state index is -0.562. The van der Waals surface area contributed by atoms with E-state index >= 15 is 0 Å². The molecule has 1 aliphatic rings. The van der Waals surface area contributed by atoms with Crippen LogP contribution in [0.3, 0.4) is 0 Å². The number of nitrogens with one attached hydrogen (secondary N) is 2. The summed E-state index contributed by atoms with van der Waals surface area (Å²) in [6.45, 7) is 0.549. The van der Waals surface area contributed by atoms with Gasteiger partial charge < -0.3 is 4.90 Å². The molecule has 0 saturated carbocycles. The Balaban J connectivity index is 1.55. The van der Waals surface area contributed by atoms with Crippen LogP contribution in [0, 0.1) is 0 Å². The van der Waals surface area contributed by atoms with Gasteiger partial charge in [0.2, 0.25) is 5.91 Å². The number of hydrogen-bond donors (Lipinski definition) is 2. The lowest BCUT2D eigenvalue weighted by Crippen LogP contribution is -2.51. The Morgan fingerprint density at radius 3 is 2.62 bits per heavy atom. The topological polar surface area (TPSA) is 78.5 Å². The number of rotatable bonds is 4. The molecule has 1 aromatic heterocycles. The molecule has 1 aliphatic heterocycles. The van der Waals surface area contributed by atoms with E-state index in [0.29, 0.717) is 30.0 Å². The number of halogens is 1. The van der Waals surface area contributed by atoms with Gasteiger partial charge in [-0.15, -0.1) is 11.3 Å². The number of benzene rings is 1. The van der Waals surface area contributed by atoms with Crippen molar-refractivity contribution in [1.82, 2.24) is 15.8 Å². The highest BCUT2D eigenvalue weighted by atomic mass is 35.5. The summed E-state index contributed by atoms with van der Waals surface area (Å²) < 4.78 is 0. The molecule has 1 saturated heterocycles. The first-order valence-corrected chi connectivity index (χ1v) is 9.48. The molecule has 6 nitrogen and oxygen atoms in total. The van der Waals surface area contributed by atoms with Gasteiger partial charge in [0.15, 0.2) is 0 Å². The molecule has 2 aromatic rings. The fourth-order valence-corrected chi connectivity index (χ4v) is 3.70. The molecule has 2 heterocycles. The van der Waals surface area contributed by atoms with E-state index in [1.165, 1.54) is 11.3 Å². The zero-order chi connectivity index (χ0) is 18.5. The fraction of sp³-hybridized carbons (Fsp3) is 0.278. The summed E-state index contributed by atoms with van der Waals surface area (Å²) in [5.74, 6) is -0.900. The summed E-state index contributed by atoms with van der Waals surface area (Å²) in [5.41, 5.74) is 5.18. The maximum absolute atomic E-state index is 12.5. The SMILES string of the molecule is O=C(NNC(=O)C1CCCN1C(=O)Cc1cccs1)c1ccc(Cl)cc1. The Kier molecular flexibility index (Phi) is 5.90. The van der Waals surface area contributed by atoms with Crippen LogP contribution < -0.4 is 10.9 Å². The van der Waals surface area contributed by atoms with E-state index in [2.05, 4.69) is 10.9 Å². The van der Waals surface area contributed by atoms with Crippen molar-refractivity contribution < 1.29 is 14.4 Å². The number of nitrogens with zero attached hydrogens (tertiary/aromatic N) is 1. The molecule has 0 aliphatic carbocycles. The number of hydrazine groups is 1. The quantitative estimate of drug-likeness (QED) is 0.785. The second-order valence-corrected chi connectivity index (χ2v) is 7.42. The number of amides is 3. The third-order valence-corrected chi connectivity index (χ3v) is 5.32. The van der Waals surface area contributed by atoms with E-state index in [-0.39, 0.29) is 11.8 Å². The van der Waals surface area contributed by atoms with Crippen molar-refractivity contribution in [1.29, 1.82) is 0 Å². The van der Waals surface area contributed by atoms with Gasteiger partial charge >= 0.3 is 0 Å². The van der Waals surface area contributed by atoms with Crippen LogP contribution in [-0.2, 0) is 16.0 Å². The van der Waals surface area contributed by atoms with Gasteiger partial charge in [-0.05, 0) is 48.6 Å². The van der Waals surface area contributed by atoms with E-state index in [4.69, 9.17) is 11.6 Å². The highest BCUT2D eigenvalue weighted by Gasteiger charge is 2.34. The van der Waals surface area contributed by atoms with Gasteiger partial charge in [0.05, 0.1) is 6.42 Å². The lowest BCUT2D eigenvalue weighted by atomic mass is 10.2. The summed E-state index contributed by atoms with van der Waals surface area (Å²) in [5, 5.41) is 2.44. The predicted molar refractivity (Wildman–Crippen MR) is 99.8 cm³/mol. The largest absolute Gasteiger partial charge is 0.330 e. The molecular formula is C18H18ClN3O3S. The first kappa shape index (κ1) is 18.4. The van der Waals surface area contributed by atoms with Crippen LogP contribution in [-0.4, -0.2) is 35.2 Å². The zero-order valence-corrected chi connectivity index (χ0v) is 15.5. The average molecular weight is 392 g/mol. The molecule has 3 amide bonds. The maximum atomic E-state index is 12.5. The number of thiophene rings is 1. The highest BCUT2D eigenvalue weighted by Crippen LogP contribution is 2.20. The van der Waals surface area contributed by atoms with Crippen LogP contribution in [0.5, 0.6) is 0 Å². The molecule has 0 bridgehead atoms. The van der Waals surface area contributed by atoms with E-state index in [9.17, 15) is 14.4 Å². The minimum Gasteiger partial charge on any atom is -0.330 e. The van der Waals surface area contributed by atoms with Crippen LogP contribution in [0.15, 0.2) is 41.8 Å². The van der Waals surface area contributed by atoms with Crippen molar-refractivity contribution in [3.63, 3.8) is 0 Å². The fourth-order valence-electron chi connectivity index (χ4n) is 2.88. The van der Waals surface area contributed by atoms with Crippen LogP contribution in [0.25, 0.3) is 0 Å². The molecular weight excluding hydrogens is 374 g/mol. The first-order chi connectivity index (χ1) is 12.5. The lowest BCUT2D eigenvalue weighted by molar-refractivity contribution is -0.138. The molecule has 8 heteroatoms. The Morgan fingerprint density at radius 2 is 1.92 bits per heavy atom. The van der Waals surface area contributed by atoms with E-state index < -0.39 is 11.9 Å². The van der Waals surface area contributed by atoms with Gasteiger partial charge in [-0.25, -0.2) is 0 Å². The summed E-state index contributed by atoms with van der Waals surface area (Å²) in [4.78, 5) is 39.5. The molecule has 1 unspecified atom stereocenters. The molecule has 3 rings (SSSR count). The molecule has 1 atom stereocenters. The number of likely N-dealkylation sites (tertiary alicyclic amines) is 1. The van der Waals surface area contributed by atoms with Crippen molar-refractivity contribution in [2.45, 2.75) is 25.3 Å². The second-order valence-electron chi connectivity index (χ2n) is 5.95. The minimum absolute atomic E-state index is 0.0749. The standard InChI is InChI=1S/C18H18ClN3O3S/c19-13-7-5-12(6-8-13)17(24)20-21-18(25)15-4-1-9-22(15)16(23)11-14-3-2-10-26-14/h2-3,5-8,10,15H,1,4,9,11H2,(H,20,24)(H,21,25). The van der Waals surface area contributed by atoms with Gasteiger partial charge in [-0.3, -0.25) is 25.2 Å². The van der Waals surface area contributed by atoms with Crippen LogP contribution in [0.4, 0.5) is 0 Å². The summed E-state index contributed by atoms with van der Waals surface area (Å²) in [6, 6.07) is 9.56. The Morgan fingerprint density at radius 1 is 1.15 bits per heavy atom. The van der Waals surface area contributed by atoms with Crippen LogP contribution in [0.2, 0.25) is 5.02 Å². The summed E-state index contributed by atoms with van der Waals surface area (Å²) in [7, 11) is 0. The monoisotopic (exact) mass is 391 g/mol. The normalized spacial score (nSPS) is 16.3. The predicted octanol–water partition coefficient (Wildman–Crippen LogP) is 2.40. The molecule has 0 spiro atoms. The molecule has 1 aromatic carbocycles. The smallest absolute Gasteiger partial charge is 0.269 e. The van der Waals surface area contributed by atoms with Crippen molar-refractivity contribution in [2.75, 3.05) is 6.54 Å². The summed E-state index contributed by atoms with van der Waals surface area (Å²) in [6.07, 6.45) is 1.64. The third kappa shape index (κ3) is 4.42. The Labute approximate surface area is 160 Å². The number of hydrogen-bond acceptors (Lipinski definition) is 4.